The van der Waals surface area contributed by atoms with E-state index in [0.717, 1.165) is 19.3 Å². The number of imide groups is 1. The van der Waals surface area contributed by atoms with Gasteiger partial charge in [-0.15, -0.1) is 0 Å². The van der Waals surface area contributed by atoms with Gasteiger partial charge in [0.15, 0.2) is 0 Å². The first-order valence-corrected chi connectivity index (χ1v) is 8.32. The minimum absolute atomic E-state index is 0.0880. The number of amides is 3. The van der Waals surface area contributed by atoms with Crippen molar-refractivity contribution in [3.63, 3.8) is 0 Å². The molecule has 0 radical (unpaired) electrons. The second-order valence-electron chi connectivity index (χ2n) is 6.30. The van der Waals surface area contributed by atoms with Gasteiger partial charge in [0.25, 0.3) is 0 Å². The van der Waals surface area contributed by atoms with Crippen LogP contribution in [0.15, 0.2) is 30.3 Å². The number of benzene rings is 1. The summed E-state index contributed by atoms with van der Waals surface area (Å²) in [5.74, 6) is -0.0432. The lowest BCUT2D eigenvalue weighted by Crippen LogP contribution is -2.62. The van der Waals surface area contributed by atoms with Gasteiger partial charge in [-0.05, 0) is 24.8 Å². The Morgan fingerprint density at radius 3 is 2.30 bits per heavy atom. The van der Waals surface area contributed by atoms with Crippen LogP contribution in [0.3, 0.4) is 0 Å². The predicted molar refractivity (Wildman–Crippen MR) is 85.5 cm³/mol. The molecular formula is C18H22N2O3. The number of unbranched alkanes of at least 4 members (excludes halogenated alkanes) is 1. The standard InChI is InChI=1S/C18H22N2O3/c21-16(9-5-4-8-14-6-2-1-3-7-14)19-12-15(13-19)20-17(22)10-11-18(20)23/h1-3,6-7,15H,4-5,8-13H2. The van der Waals surface area contributed by atoms with Crippen LogP contribution in [0.2, 0.25) is 0 Å². The average Bonchev–Trinajstić information content (AvgIpc) is 2.83. The molecule has 2 saturated heterocycles. The molecular weight excluding hydrogens is 292 g/mol. The molecule has 2 aliphatic rings. The quantitative estimate of drug-likeness (QED) is 0.594. The van der Waals surface area contributed by atoms with Gasteiger partial charge in [0.1, 0.15) is 0 Å². The molecule has 0 aromatic heterocycles. The Morgan fingerprint density at radius 2 is 1.65 bits per heavy atom. The molecule has 3 amide bonds. The molecule has 23 heavy (non-hydrogen) atoms. The summed E-state index contributed by atoms with van der Waals surface area (Å²) >= 11 is 0. The maximum atomic E-state index is 12.1. The van der Waals surface area contributed by atoms with Gasteiger partial charge >= 0.3 is 0 Å². The lowest BCUT2D eigenvalue weighted by atomic mass is 10.0. The van der Waals surface area contributed by atoms with E-state index in [-0.39, 0.29) is 23.8 Å². The number of likely N-dealkylation sites (tertiary alicyclic amines) is 2. The van der Waals surface area contributed by atoms with Crippen LogP contribution in [0.5, 0.6) is 0 Å². The fourth-order valence-electron chi connectivity index (χ4n) is 3.23. The number of carbonyl (C=O) groups is 3. The minimum atomic E-state index is -0.0919. The van der Waals surface area contributed by atoms with Crippen LogP contribution in [0.4, 0.5) is 0 Å². The van der Waals surface area contributed by atoms with Crippen molar-refractivity contribution in [2.75, 3.05) is 13.1 Å². The number of carbonyl (C=O) groups excluding carboxylic acids is 3. The van der Waals surface area contributed by atoms with E-state index in [9.17, 15) is 14.4 Å². The summed E-state index contributed by atoms with van der Waals surface area (Å²) in [4.78, 5) is 38.5. The van der Waals surface area contributed by atoms with Crippen molar-refractivity contribution >= 4 is 17.7 Å². The molecule has 0 spiro atoms. The molecule has 5 nitrogen and oxygen atoms in total. The molecule has 0 saturated carbocycles. The average molecular weight is 314 g/mol. The highest BCUT2D eigenvalue weighted by Gasteiger charge is 2.42. The van der Waals surface area contributed by atoms with Gasteiger partial charge in [-0.2, -0.15) is 0 Å². The smallest absolute Gasteiger partial charge is 0.230 e. The fourth-order valence-corrected chi connectivity index (χ4v) is 3.23. The van der Waals surface area contributed by atoms with Crippen LogP contribution >= 0.6 is 0 Å². The molecule has 3 rings (SSSR count). The zero-order chi connectivity index (χ0) is 16.2. The summed E-state index contributed by atoms with van der Waals surface area (Å²) in [6.07, 6.45) is 4.05. The molecule has 2 heterocycles. The number of hydrogen-bond acceptors (Lipinski definition) is 3. The second kappa shape index (κ2) is 6.94. The third-order valence-corrected chi connectivity index (χ3v) is 4.62. The lowest BCUT2D eigenvalue weighted by molar-refractivity contribution is -0.151. The van der Waals surface area contributed by atoms with Crippen LogP contribution in [-0.2, 0) is 20.8 Å². The van der Waals surface area contributed by atoms with Crippen molar-refractivity contribution in [2.24, 2.45) is 0 Å². The van der Waals surface area contributed by atoms with E-state index >= 15 is 0 Å². The van der Waals surface area contributed by atoms with Gasteiger partial charge in [-0.25, -0.2) is 0 Å². The SMILES string of the molecule is O=C(CCCCc1ccccc1)N1CC(N2C(=O)CCC2=O)C1. The molecule has 0 N–H and O–H groups in total. The fraction of sp³-hybridized carbons (Fsp3) is 0.500. The summed E-state index contributed by atoms with van der Waals surface area (Å²) in [5, 5.41) is 0. The van der Waals surface area contributed by atoms with Crippen LogP contribution in [0.1, 0.15) is 37.7 Å². The van der Waals surface area contributed by atoms with Gasteiger partial charge in [-0.3, -0.25) is 19.3 Å². The van der Waals surface area contributed by atoms with Gasteiger partial charge in [0.2, 0.25) is 17.7 Å². The number of nitrogens with zero attached hydrogens (tertiary/aromatic N) is 2. The maximum absolute atomic E-state index is 12.1. The molecule has 2 aliphatic heterocycles. The lowest BCUT2D eigenvalue weighted by Gasteiger charge is -2.43. The van der Waals surface area contributed by atoms with E-state index in [2.05, 4.69) is 12.1 Å². The van der Waals surface area contributed by atoms with Crippen molar-refractivity contribution < 1.29 is 14.4 Å². The van der Waals surface area contributed by atoms with E-state index in [1.165, 1.54) is 10.5 Å². The molecule has 1 aromatic carbocycles. The van der Waals surface area contributed by atoms with Crippen LogP contribution in [0.25, 0.3) is 0 Å². The van der Waals surface area contributed by atoms with Crippen molar-refractivity contribution in [3.8, 4) is 0 Å². The molecule has 1 aromatic rings. The Morgan fingerprint density at radius 1 is 1.00 bits per heavy atom. The predicted octanol–water partition coefficient (Wildman–Crippen LogP) is 1.76. The summed E-state index contributed by atoms with van der Waals surface area (Å²) < 4.78 is 0. The summed E-state index contributed by atoms with van der Waals surface area (Å²) in [7, 11) is 0. The Labute approximate surface area is 136 Å². The molecule has 0 aliphatic carbocycles. The first-order valence-electron chi connectivity index (χ1n) is 8.32. The Bertz CT molecular complexity index is 578. The highest BCUT2D eigenvalue weighted by molar-refractivity contribution is 6.02. The third-order valence-electron chi connectivity index (χ3n) is 4.62. The second-order valence-corrected chi connectivity index (χ2v) is 6.30. The van der Waals surface area contributed by atoms with Gasteiger partial charge in [-0.1, -0.05) is 30.3 Å². The highest BCUT2D eigenvalue weighted by Crippen LogP contribution is 2.23. The molecule has 2 fully saturated rings. The van der Waals surface area contributed by atoms with Crippen molar-refractivity contribution in [2.45, 2.75) is 44.6 Å². The van der Waals surface area contributed by atoms with E-state index < -0.39 is 0 Å². The molecule has 5 heteroatoms. The molecule has 0 bridgehead atoms. The third kappa shape index (κ3) is 3.60. The normalized spacial score (nSPS) is 18.4. The van der Waals surface area contributed by atoms with E-state index in [0.29, 0.717) is 32.4 Å². The minimum Gasteiger partial charge on any atom is -0.338 e. The number of hydrogen-bond donors (Lipinski definition) is 0. The largest absolute Gasteiger partial charge is 0.338 e. The number of aryl methyl sites for hydroxylation is 1. The summed E-state index contributed by atoms with van der Waals surface area (Å²) in [5.41, 5.74) is 1.30. The Hall–Kier alpha value is -2.17. The van der Waals surface area contributed by atoms with E-state index in [1.807, 2.05) is 18.2 Å². The Kier molecular flexibility index (Phi) is 4.74. The zero-order valence-electron chi connectivity index (χ0n) is 13.2. The first-order chi connectivity index (χ1) is 11.1. The molecule has 0 atom stereocenters. The van der Waals surface area contributed by atoms with Crippen LogP contribution < -0.4 is 0 Å². The molecule has 0 unspecified atom stereocenters. The monoisotopic (exact) mass is 314 g/mol. The molecule has 122 valence electrons. The number of rotatable bonds is 6. The summed E-state index contributed by atoms with van der Waals surface area (Å²) in [6, 6.07) is 10.2. The first kappa shape index (κ1) is 15.7. The summed E-state index contributed by atoms with van der Waals surface area (Å²) in [6.45, 7) is 1.02. The zero-order valence-corrected chi connectivity index (χ0v) is 13.2. The van der Waals surface area contributed by atoms with Crippen LogP contribution in [-0.4, -0.2) is 46.7 Å². The van der Waals surface area contributed by atoms with Crippen molar-refractivity contribution in [1.29, 1.82) is 0 Å². The van der Waals surface area contributed by atoms with Crippen molar-refractivity contribution in [3.05, 3.63) is 35.9 Å². The highest BCUT2D eigenvalue weighted by atomic mass is 16.2. The van der Waals surface area contributed by atoms with Crippen molar-refractivity contribution in [1.82, 2.24) is 9.80 Å². The van der Waals surface area contributed by atoms with E-state index in [1.54, 1.807) is 4.90 Å². The van der Waals surface area contributed by atoms with Gasteiger partial charge in [0, 0.05) is 32.4 Å². The van der Waals surface area contributed by atoms with E-state index in [4.69, 9.17) is 0 Å². The van der Waals surface area contributed by atoms with Crippen LogP contribution in [0, 0.1) is 0 Å². The van der Waals surface area contributed by atoms with Gasteiger partial charge < -0.3 is 4.90 Å². The maximum Gasteiger partial charge on any atom is 0.230 e. The van der Waals surface area contributed by atoms with Gasteiger partial charge in [0.05, 0.1) is 6.04 Å². The topological polar surface area (TPSA) is 57.7 Å². The Balaban J connectivity index is 1.35.